The maximum atomic E-state index is 13.0. The molecule has 1 aliphatic carbocycles. The van der Waals surface area contributed by atoms with Gasteiger partial charge in [-0.05, 0) is 54.5 Å². The molecule has 0 radical (unpaired) electrons. The first-order valence-electron chi connectivity index (χ1n) is 10.4. The van der Waals surface area contributed by atoms with Crippen LogP contribution in [0.25, 0.3) is 21.7 Å². The van der Waals surface area contributed by atoms with E-state index in [1.807, 2.05) is 48.7 Å². The van der Waals surface area contributed by atoms with Crippen molar-refractivity contribution in [1.82, 2.24) is 9.55 Å². The highest BCUT2D eigenvalue weighted by Gasteiger charge is 2.20. The normalized spacial score (nSPS) is 15.0. The molecule has 0 aliphatic heterocycles. The lowest BCUT2D eigenvalue weighted by atomic mass is 9.89. The van der Waals surface area contributed by atoms with Crippen molar-refractivity contribution in [3.8, 4) is 5.75 Å². The Morgan fingerprint density at radius 2 is 1.90 bits per heavy atom. The van der Waals surface area contributed by atoms with Gasteiger partial charge in [0.2, 0.25) is 0 Å². The fraction of sp³-hybridized carbons (Fsp3) is 0.280. The molecule has 0 atom stereocenters. The summed E-state index contributed by atoms with van der Waals surface area (Å²) in [6, 6.07) is 15.7. The number of carbonyl (C=O) groups excluding carboxylic acids is 1. The first kappa shape index (κ1) is 17.9. The third kappa shape index (κ3) is 3.63. The number of hydrogen-bond acceptors (Lipinski definition) is 3. The van der Waals surface area contributed by atoms with E-state index in [2.05, 4.69) is 15.6 Å². The third-order valence-electron chi connectivity index (χ3n) is 6.01. The number of fused-ring (bicyclic) bond motifs is 2. The van der Waals surface area contributed by atoms with E-state index in [9.17, 15) is 4.79 Å². The van der Waals surface area contributed by atoms with Crippen LogP contribution in [0.3, 0.4) is 0 Å². The number of ether oxygens (including phenoxy) is 1. The van der Waals surface area contributed by atoms with E-state index < -0.39 is 0 Å². The van der Waals surface area contributed by atoms with E-state index >= 15 is 0 Å². The van der Waals surface area contributed by atoms with Crippen molar-refractivity contribution in [3.63, 3.8) is 0 Å². The number of para-hydroxylation sites is 1. The van der Waals surface area contributed by atoms with Crippen LogP contribution >= 0.6 is 0 Å². The number of aromatic nitrogens is 2. The smallest absolute Gasteiger partial charge is 0.345 e. The van der Waals surface area contributed by atoms with Crippen LogP contribution in [0.1, 0.15) is 42.5 Å². The minimum absolute atomic E-state index is 0.308. The van der Waals surface area contributed by atoms with Crippen LogP contribution in [0.15, 0.2) is 67.1 Å². The number of pyridine rings is 1. The lowest BCUT2D eigenvalue weighted by Gasteiger charge is -2.22. The quantitative estimate of drug-likeness (QED) is 0.321. The van der Waals surface area contributed by atoms with E-state index in [0.29, 0.717) is 17.2 Å². The number of carbonyl (C=O) groups is 1. The van der Waals surface area contributed by atoms with Gasteiger partial charge >= 0.3 is 5.97 Å². The van der Waals surface area contributed by atoms with Crippen molar-refractivity contribution < 1.29 is 9.53 Å². The zero-order valence-corrected chi connectivity index (χ0v) is 16.4. The average Bonchev–Trinajstić information content (AvgIpc) is 3.13. The Morgan fingerprint density at radius 3 is 2.79 bits per heavy atom. The molecule has 2 aromatic carbocycles. The maximum absolute atomic E-state index is 13.0. The minimum Gasteiger partial charge on any atom is -0.423 e. The number of nitrogens with zero attached hydrogens (tertiary/aromatic N) is 2. The summed E-state index contributed by atoms with van der Waals surface area (Å²) < 4.78 is 7.99. The Kier molecular flexibility index (Phi) is 4.76. The molecule has 1 saturated carbocycles. The van der Waals surface area contributed by atoms with Gasteiger partial charge in [-0.1, -0.05) is 37.5 Å². The van der Waals surface area contributed by atoms with Gasteiger partial charge in [-0.25, -0.2) is 4.79 Å². The van der Waals surface area contributed by atoms with E-state index in [-0.39, 0.29) is 5.97 Å². The Bertz CT molecular complexity index is 1170. The second-order valence-electron chi connectivity index (χ2n) is 7.99. The molecule has 0 spiro atoms. The molecule has 1 fully saturated rings. The van der Waals surface area contributed by atoms with Gasteiger partial charge in [-0.15, -0.1) is 0 Å². The maximum Gasteiger partial charge on any atom is 0.345 e. The summed E-state index contributed by atoms with van der Waals surface area (Å²) in [6.07, 6.45) is 12.1. The largest absolute Gasteiger partial charge is 0.423 e. The SMILES string of the molecule is O=C(Oc1ccc2cnccc2c1)c1cn(CC2CCCCC2)c2ccccc12. The lowest BCUT2D eigenvalue weighted by molar-refractivity contribution is 0.0736. The Hall–Kier alpha value is -3.14. The van der Waals surface area contributed by atoms with E-state index in [1.165, 1.54) is 32.1 Å². The fourth-order valence-corrected chi connectivity index (χ4v) is 4.50. The molecule has 0 N–H and O–H groups in total. The monoisotopic (exact) mass is 384 g/mol. The van der Waals surface area contributed by atoms with Crippen molar-refractivity contribution in [1.29, 1.82) is 0 Å². The lowest BCUT2D eigenvalue weighted by Crippen LogP contribution is -2.13. The second kappa shape index (κ2) is 7.70. The van der Waals surface area contributed by atoms with Gasteiger partial charge < -0.3 is 9.30 Å². The molecule has 146 valence electrons. The summed E-state index contributed by atoms with van der Waals surface area (Å²) in [7, 11) is 0. The minimum atomic E-state index is -0.308. The summed E-state index contributed by atoms with van der Waals surface area (Å²) in [6.45, 7) is 0.969. The summed E-state index contributed by atoms with van der Waals surface area (Å²) in [4.78, 5) is 17.1. The third-order valence-corrected chi connectivity index (χ3v) is 6.01. The molecule has 4 aromatic rings. The van der Waals surface area contributed by atoms with Gasteiger partial charge in [0.15, 0.2) is 0 Å². The fourth-order valence-electron chi connectivity index (χ4n) is 4.50. The van der Waals surface area contributed by atoms with E-state index in [1.54, 1.807) is 12.4 Å². The summed E-state index contributed by atoms with van der Waals surface area (Å²) in [5, 5.41) is 2.99. The van der Waals surface area contributed by atoms with Crippen LogP contribution in [0.5, 0.6) is 5.75 Å². The average molecular weight is 384 g/mol. The molecule has 2 heterocycles. The van der Waals surface area contributed by atoms with Gasteiger partial charge in [-0.3, -0.25) is 4.98 Å². The van der Waals surface area contributed by atoms with E-state index in [4.69, 9.17) is 4.74 Å². The van der Waals surface area contributed by atoms with Crippen molar-refractivity contribution in [2.75, 3.05) is 0 Å². The molecule has 0 unspecified atom stereocenters. The molecule has 0 saturated heterocycles. The topological polar surface area (TPSA) is 44.1 Å². The van der Waals surface area contributed by atoms with Crippen molar-refractivity contribution >= 4 is 27.6 Å². The van der Waals surface area contributed by atoms with Crippen molar-refractivity contribution in [3.05, 3.63) is 72.7 Å². The van der Waals surface area contributed by atoms with Gasteiger partial charge in [0, 0.05) is 41.4 Å². The molecule has 1 aliphatic rings. The number of hydrogen-bond donors (Lipinski definition) is 0. The molecule has 5 rings (SSSR count). The number of benzene rings is 2. The molecular weight excluding hydrogens is 360 g/mol. The standard InChI is InChI=1S/C25H24N2O2/c28-25(29-21-11-10-20-15-26-13-12-19(20)14-21)23-17-27(16-18-6-2-1-3-7-18)24-9-5-4-8-22(23)24/h4-5,8-15,17-18H,1-3,6-7,16H2. The highest BCUT2D eigenvalue weighted by atomic mass is 16.5. The molecule has 29 heavy (non-hydrogen) atoms. The van der Waals surface area contributed by atoms with E-state index in [0.717, 1.165) is 28.2 Å². The van der Waals surface area contributed by atoms with Crippen LogP contribution in [0, 0.1) is 5.92 Å². The van der Waals surface area contributed by atoms with Gasteiger partial charge in [0.05, 0.1) is 5.56 Å². The Labute approximate surface area is 170 Å². The highest BCUT2D eigenvalue weighted by molar-refractivity contribution is 6.05. The van der Waals surface area contributed by atoms with Gasteiger partial charge in [0.1, 0.15) is 5.75 Å². The van der Waals surface area contributed by atoms with Gasteiger partial charge in [0.25, 0.3) is 0 Å². The zero-order chi connectivity index (χ0) is 19.6. The van der Waals surface area contributed by atoms with Crippen LogP contribution in [0.4, 0.5) is 0 Å². The zero-order valence-electron chi connectivity index (χ0n) is 16.4. The van der Waals surface area contributed by atoms with Crippen molar-refractivity contribution in [2.24, 2.45) is 5.92 Å². The molecule has 4 heteroatoms. The first-order chi connectivity index (χ1) is 14.3. The number of rotatable bonds is 4. The summed E-state index contributed by atoms with van der Waals surface area (Å²) >= 11 is 0. The molecule has 2 aromatic heterocycles. The predicted molar refractivity (Wildman–Crippen MR) is 115 cm³/mol. The van der Waals surface area contributed by atoms with Crippen molar-refractivity contribution in [2.45, 2.75) is 38.6 Å². The van der Waals surface area contributed by atoms with Crippen LogP contribution in [0.2, 0.25) is 0 Å². The summed E-state index contributed by atoms with van der Waals surface area (Å²) in [5.41, 5.74) is 1.74. The molecule has 0 amide bonds. The number of esters is 1. The molecular formula is C25H24N2O2. The van der Waals surface area contributed by atoms with Crippen LogP contribution in [-0.4, -0.2) is 15.5 Å². The highest BCUT2D eigenvalue weighted by Crippen LogP contribution is 2.29. The molecule has 0 bridgehead atoms. The first-order valence-corrected chi connectivity index (χ1v) is 10.4. The van der Waals surface area contributed by atoms with Crippen LogP contribution in [-0.2, 0) is 6.54 Å². The predicted octanol–water partition coefficient (Wildman–Crippen LogP) is 5.99. The Balaban J connectivity index is 1.44. The van der Waals surface area contributed by atoms with Gasteiger partial charge in [-0.2, -0.15) is 0 Å². The summed E-state index contributed by atoms with van der Waals surface area (Å²) in [5.74, 6) is 0.937. The van der Waals surface area contributed by atoms with Crippen LogP contribution < -0.4 is 4.74 Å². The molecule has 4 nitrogen and oxygen atoms in total. The second-order valence-corrected chi connectivity index (χ2v) is 7.99. The Morgan fingerprint density at radius 1 is 1.03 bits per heavy atom.